The molecule has 740 valence electrons. The van der Waals surface area contributed by atoms with Gasteiger partial charge in [0.25, 0.3) is 0 Å². The number of benzene rings is 10. The van der Waals surface area contributed by atoms with E-state index in [1.54, 1.807) is 179 Å². The second kappa shape index (κ2) is 52.7. The third-order valence-electron chi connectivity index (χ3n) is 20.3. The minimum atomic E-state index is -4.77. The van der Waals surface area contributed by atoms with Gasteiger partial charge in [0.1, 0.15) is 58.0 Å². The van der Waals surface area contributed by atoms with E-state index in [9.17, 15) is 67.4 Å². The average Bonchev–Trinajstić information content (AvgIpc) is 0.819. The lowest BCUT2D eigenvalue weighted by molar-refractivity contribution is -0.274. The first-order valence-electron chi connectivity index (χ1n) is 42.9. The summed E-state index contributed by atoms with van der Waals surface area (Å²) in [5.41, 5.74) is 18.8. The summed E-state index contributed by atoms with van der Waals surface area (Å²) in [4.78, 5) is 98.3. The number of para-hydroxylation sites is 8. The molecule has 4 unspecified atom stereocenters. The van der Waals surface area contributed by atoms with Gasteiger partial charge in [-0.05, 0) is 224 Å². The standard InChI is InChI=1S/C27H24F3N5O4S.2C20H21N5O3S.C17H18N6O2S.C14H14ClN3O/c1-35(25-14-15-31-26(33-25)32-23-4-2-3-5-24(23)34-40(37)38)20-10-6-18(7-11-20)16-21(36)17-19-8-12-22(13-9-19)39-27(28,29)30;2*1-14(26)13-15-7-9-16(10-8-15)25(2)19-11-12-21-20(23-19)22-17-5-3-4-6-18(17)24-29(27)28;1-23(13-8-6-12(18)7-9-13)16-10-11-19-17(21-16)20-14-4-2-3-5-15(14)22-26(24)25;1-10(19)9-11-3-5-12(6-4-11)18(2)13-7-8-16-14(15)17-13/h2-15,34H,16-17H2,1H3,(H,37,38)(H,31,32,33);2*3-12,24H,13H2,1-2H3,(H,27,28)(H,21,22,23);2-11,22H,18H2,1H3,(H,24,25)(H,19,20,21);3-8H,9H2,1-2H3/p-4. The Bertz CT molecular complexity index is 6750. The minimum Gasteiger partial charge on any atom is -0.755 e. The number of alkyl halides is 3. The maximum Gasteiger partial charge on any atom is 0.573 e. The number of anilines is 23. The van der Waals surface area contributed by atoms with E-state index in [2.05, 4.69) is 94.7 Å². The van der Waals surface area contributed by atoms with E-state index in [1.807, 2.05) is 181 Å². The van der Waals surface area contributed by atoms with Crippen LogP contribution in [0, 0.1) is 0 Å². The SMILES string of the molecule is CC(=O)Cc1ccc(N(C)c2ccnc(Cl)n2)cc1.CC(=O)Cc1ccc(N(C)c2ccnc(Nc3ccccc3NS(=O)[O-])n2)cc1.CC(=O)Cc1ccc(N(C)c2ccnc(Nc3ccccc3NS(=O)[O-])n2)cc1.CN(c1ccc(CC(=O)Cc2ccc(OC(F)(F)F)cc2)cc1)c1ccnc(Nc2ccccc2NS(=O)[O-])n1.CN(c1ccc(N)cc1)c1ccnc(Nc2ccccc2NS(=O)[O-])n1. The summed E-state index contributed by atoms with van der Waals surface area (Å²) in [7, 11) is 9.35. The van der Waals surface area contributed by atoms with E-state index in [-0.39, 0.29) is 53.0 Å². The van der Waals surface area contributed by atoms with Gasteiger partial charge in [-0.3, -0.25) is 36.0 Å². The number of hydrogen-bond donors (Lipinski definition) is 9. The third kappa shape index (κ3) is 35.0. The second-order valence-electron chi connectivity index (χ2n) is 30.9. The molecule has 0 radical (unpaired) electrons. The molecule has 10 N–H and O–H groups in total. The van der Waals surface area contributed by atoms with Gasteiger partial charge in [0, 0.05) is 178 Å². The van der Waals surface area contributed by atoms with E-state index in [0.717, 1.165) is 56.5 Å². The lowest BCUT2D eigenvalue weighted by Crippen LogP contribution is -2.17. The normalized spacial score (nSPS) is 11.5. The molecule has 0 spiro atoms. The number of aromatic nitrogens is 10. The highest BCUT2D eigenvalue weighted by Crippen LogP contribution is 2.35. The van der Waals surface area contributed by atoms with Crippen molar-refractivity contribution in [3.63, 3.8) is 0 Å². The monoisotopic (exact) mass is 2030 g/mol. The van der Waals surface area contributed by atoms with E-state index in [0.29, 0.717) is 117 Å². The van der Waals surface area contributed by atoms with Gasteiger partial charge in [0.2, 0.25) is 29.1 Å². The van der Waals surface area contributed by atoms with Crippen LogP contribution >= 0.6 is 11.6 Å². The summed E-state index contributed by atoms with van der Waals surface area (Å²) in [6, 6.07) is 79.3. The number of nitrogen functional groups attached to an aromatic ring is 1. The lowest BCUT2D eigenvalue weighted by atomic mass is 10.0. The number of rotatable bonds is 37. The molecule has 0 aliphatic carbocycles. The molecule has 10 aromatic carbocycles. The number of Topliss-reactive ketones (excluding diaryl/α,β-unsaturated/α-hetero) is 4. The minimum absolute atomic E-state index is 0.0774. The first-order chi connectivity index (χ1) is 68.5. The molecule has 4 atom stereocenters. The smallest absolute Gasteiger partial charge is 0.573 e. The molecule has 5 aromatic heterocycles. The van der Waals surface area contributed by atoms with Crippen LogP contribution in [0.15, 0.2) is 304 Å². The van der Waals surface area contributed by atoms with E-state index in [4.69, 9.17) is 17.3 Å². The highest BCUT2D eigenvalue weighted by atomic mass is 35.5. The van der Waals surface area contributed by atoms with Gasteiger partial charge in [-0.2, -0.15) is 19.9 Å². The van der Waals surface area contributed by atoms with Crippen LogP contribution in [0.5, 0.6) is 5.75 Å². The van der Waals surface area contributed by atoms with Crippen molar-refractivity contribution in [2.45, 2.75) is 59.2 Å². The Morgan fingerprint density at radius 1 is 0.322 bits per heavy atom. The Morgan fingerprint density at radius 3 is 0.769 bits per heavy atom. The van der Waals surface area contributed by atoms with Crippen molar-refractivity contribution < 1.29 is 72.1 Å². The summed E-state index contributed by atoms with van der Waals surface area (Å²) in [5, 5.41) is 12.3. The molecule has 0 saturated heterocycles. The molecule has 15 rings (SSSR count). The van der Waals surface area contributed by atoms with Crippen LogP contribution in [-0.4, -0.2) is 150 Å². The van der Waals surface area contributed by atoms with Crippen molar-refractivity contribution in [1.82, 2.24) is 49.8 Å². The molecule has 0 fully saturated rings. The Morgan fingerprint density at radius 2 is 0.538 bits per heavy atom. The van der Waals surface area contributed by atoms with Crippen molar-refractivity contribution in [2.75, 3.05) is 106 Å². The fourth-order valence-corrected chi connectivity index (χ4v) is 14.9. The summed E-state index contributed by atoms with van der Waals surface area (Å²) in [6.45, 7) is 4.72. The van der Waals surface area contributed by atoms with Gasteiger partial charge >= 0.3 is 6.36 Å². The van der Waals surface area contributed by atoms with Crippen molar-refractivity contribution in [1.29, 1.82) is 0 Å². The van der Waals surface area contributed by atoms with Crippen LogP contribution in [0.2, 0.25) is 5.28 Å². The molecule has 0 amide bonds. The first kappa shape index (κ1) is 107. The number of nitrogens with two attached hydrogens (primary N) is 1. The second-order valence-corrected chi connectivity index (χ2v) is 34.0. The van der Waals surface area contributed by atoms with Gasteiger partial charge in [-0.15, -0.1) is 13.2 Å². The Balaban J connectivity index is 0.000000174. The molecule has 15 aromatic rings. The summed E-state index contributed by atoms with van der Waals surface area (Å²) in [5.74, 6) is 4.49. The first-order valence-corrected chi connectivity index (χ1v) is 47.6. The highest BCUT2D eigenvalue weighted by molar-refractivity contribution is 7.81. The Labute approximate surface area is 836 Å². The highest BCUT2D eigenvalue weighted by Gasteiger charge is 2.31. The zero-order valence-corrected chi connectivity index (χ0v) is 81.7. The Hall–Kier alpha value is -16.2. The maximum absolute atomic E-state index is 12.5. The number of hydrogen-bond acceptors (Lipinski definition) is 33. The zero-order valence-electron chi connectivity index (χ0n) is 77.6. The third-order valence-corrected chi connectivity index (χ3v) is 22.0. The van der Waals surface area contributed by atoms with Gasteiger partial charge in [-0.1, -0.05) is 109 Å². The van der Waals surface area contributed by atoms with Crippen LogP contribution in [0.25, 0.3) is 0 Å². The molecule has 0 bridgehead atoms. The van der Waals surface area contributed by atoms with E-state index >= 15 is 0 Å². The number of carbonyl (C=O) groups excluding carboxylic acids is 4. The predicted octanol–water partition coefficient (Wildman–Crippen LogP) is 17.9. The predicted molar refractivity (Wildman–Crippen MR) is 550 cm³/mol. The van der Waals surface area contributed by atoms with E-state index in [1.165, 1.54) is 24.3 Å². The van der Waals surface area contributed by atoms with Gasteiger partial charge in [-0.25, -0.2) is 29.9 Å². The molecule has 37 nitrogen and oxygen atoms in total. The molecular weight excluding hydrogens is 1940 g/mol. The van der Waals surface area contributed by atoms with Crippen LogP contribution in [-0.2, 0) is 96.3 Å². The van der Waals surface area contributed by atoms with Crippen molar-refractivity contribution >= 4 is 212 Å². The number of ketones is 4. The summed E-state index contributed by atoms with van der Waals surface area (Å²) < 4.78 is 138. The number of ether oxygens (including phenoxy) is 1. The molecule has 5 heterocycles. The fraction of sp³-hybridized carbons (Fsp3) is 0.143. The number of halogens is 4. The molecule has 143 heavy (non-hydrogen) atoms. The van der Waals surface area contributed by atoms with Crippen LogP contribution < -0.4 is 75.1 Å². The molecular formula is C98H94ClF3N24O13S4-4. The van der Waals surface area contributed by atoms with Crippen LogP contribution in [0.3, 0.4) is 0 Å². The van der Waals surface area contributed by atoms with Crippen molar-refractivity contribution in [3.8, 4) is 5.75 Å². The molecule has 45 heteroatoms. The zero-order chi connectivity index (χ0) is 103. The van der Waals surface area contributed by atoms with Crippen molar-refractivity contribution in [3.05, 3.63) is 337 Å². The molecule has 0 aliphatic heterocycles. The lowest BCUT2D eigenvalue weighted by Gasteiger charge is -2.19. The topological polar surface area (TPSA) is 505 Å². The van der Waals surface area contributed by atoms with Crippen LogP contribution in [0.1, 0.15) is 48.6 Å². The number of nitrogens with zero attached hydrogens (tertiary/aromatic N) is 15. The van der Waals surface area contributed by atoms with Gasteiger partial charge in [0.15, 0.2) is 0 Å². The van der Waals surface area contributed by atoms with Gasteiger partial charge in [0.05, 0.1) is 45.5 Å². The fourth-order valence-electron chi connectivity index (χ4n) is 13.4. The largest absolute Gasteiger partial charge is 0.755 e. The Kier molecular flexibility index (Phi) is 39.5. The molecule has 0 aliphatic rings. The quantitative estimate of drug-likeness (QED) is 0.00992. The van der Waals surface area contributed by atoms with Gasteiger partial charge < -0.3 is 93.3 Å². The molecule has 0 saturated carbocycles. The maximum atomic E-state index is 12.5. The number of nitrogens with one attached hydrogen (secondary N) is 8. The average molecular weight is 2040 g/mol. The number of carbonyl (C=O) groups is 4. The van der Waals surface area contributed by atoms with E-state index < -0.39 is 51.4 Å². The summed E-state index contributed by atoms with van der Waals surface area (Å²) in [6.07, 6.45) is 4.80. The summed E-state index contributed by atoms with van der Waals surface area (Å²) >= 11 is -4.02. The van der Waals surface area contributed by atoms with Crippen molar-refractivity contribution in [2.24, 2.45) is 0 Å². The van der Waals surface area contributed by atoms with Crippen LogP contribution in [0.4, 0.5) is 146 Å².